The van der Waals surface area contributed by atoms with Crippen LogP contribution in [0.15, 0.2) is 54.6 Å². The van der Waals surface area contributed by atoms with Gasteiger partial charge in [0.2, 0.25) is 15.8 Å². The van der Waals surface area contributed by atoms with Crippen molar-refractivity contribution in [2.24, 2.45) is 0 Å². The predicted molar refractivity (Wildman–Crippen MR) is 105 cm³/mol. The highest BCUT2D eigenvalue weighted by molar-refractivity contribution is 7.92. The molecule has 0 spiro atoms. The maximum absolute atomic E-state index is 12.3. The predicted octanol–water partition coefficient (Wildman–Crippen LogP) is 3.54. The quantitative estimate of drug-likeness (QED) is 0.430. The van der Waals surface area contributed by atoms with E-state index in [2.05, 4.69) is 4.72 Å². The zero-order chi connectivity index (χ0) is 20.0. The van der Waals surface area contributed by atoms with Crippen LogP contribution in [0.25, 0.3) is 6.08 Å². The zero-order valence-electron chi connectivity index (χ0n) is 14.7. The van der Waals surface area contributed by atoms with Crippen LogP contribution in [-0.4, -0.2) is 32.5 Å². The standard InChI is InChI=1S/C19H18ClNO5S/c1-13(26-18(22)12-9-14-5-3-4-6-17(14)20)19(23)15-7-10-16(11-8-15)21-27(2,24)25/h3-13,21H,1-2H3/b12-9-/t13-/m0/s1. The zero-order valence-corrected chi connectivity index (χ0v) is 16.3. The normalized spacial score (nSPS) is 12.6. The highest BCUT2D eigenvalue weighted by Crippen LogP contribution is 2.17. The van der Waals surface area contributed by atoms with E-state index in [1.807, 2.05) is 0 Å². The van der Waals surface area contributed by atoms with Crippen LogP contribution in [-0.2, 0) is 19.6 Å². The van der Waals surface area contributed by atoms with Crippen molar-refractivity contribution >= 4 is 45.1 Å². The number of ketones is 1. The molecule has 0 amide bonds. The Bertz CT molecular complexity index is 968. The molecule has 1 atom stereocenters. The molecule has 2 aromatic rings. The highest BCUT2D eigenvalue weighted by Gasteiger charge is 2.18. The van der Waals surface area contributed by atoms with Gasteiger partial charge in [-0.05, 0) is 48.9 Å². The molecule has 142 valence electrons. The first-order chi connectivity index (χ1) is 12.7. The minimum absolute atomic E-state index is 0.296. The molecule has 1 N–H and O–H groups in total. The van der Waals surface area contributed by atoms with Crippen molar-refractivity contribution < 1.29 is 22.7 Å². The van der Waals surface area contributed by atoms with Crippen LogP contribution in [0.5, 0.6) is 0 Å². The molecule has 0 aromatic heterocycles. The number of rotatable bonds is 7. The fourth-order valence-electron chi connectivity index (χ4n) is 2.19. The first kappa shape index (κ1) is 20.7. The molecule has 0 unspecified atom stereocenters. The molecule has 0 saturated heterocycles. The number of sulfonamides is 1. The van der Waals surface area contributed by atoms with E-state index in [1.165, 1.54) is 43.3 Å². The largest absolute Gasteiger partial charge is 0.451 e. The third kappa shape index (κ3) is 6.54. The molecule has 6 nitrogen and oxygen atoms in total. The fourth-order valence-corrected chi connectivity index (χ4v) is 2.95. The lowest BCUT2D eigenvalue weighted by atomic mass is 10.1. The molecule has 0 bridgehead atoms. The van der Waals surface area contributed by atoms with E-state index >= 15 is 0 Å². The van der Waals surface area contributed by atoms with Crippen LogP contribution < -0.4 is 4.72 Å². The number of nitrogens with one attached hydrogen (secondary N) is 1. The minimum Gasteiger partial charge on any atom is -0.451 e. The van der Waals surface area contributed by atoms with Crippen molar-refractivity contribution in [3.05, 3.63) is 70.8 Å². The maximum Gasteiger partial charge on any atom is 0.331 e. The lowest BCUT2D eigenvalue weighted by molar-refractivity contribution is -0.140. The molecule has 0 radical (unpaired) electrons. The average molecular weight is 408 g/mol. The molecule has 2 rings (SSSR count). The molecule has 27 heavy (non-hydrogen) atoms. The summed E-state index contributed by atoms with van der Waals surface area (Å²) in [5, 5.41) is 0.494. The summed E-state index contributed by atoms with van der Waals surface area (Å²) >= 11 is 6.00. The number of esters is 1. The summed E-state index contributed by atoms with van der Waals surface area (Å²) in [6.45, 7) is 1.46. The third-order valence-corrected chi connectivity index (χ3v) is 4.39. The van der Waals surface area contributed by atoms with Crippen LogP contribution in [0.1, 0.15) is 22.8 Å². The number of hydrogen-bond donors (Lipinski definition) is 1. The first-order valence-electron chi connectivity index (χ1n) is 7.91. The van der Waals surface area contributed by atoms with Crippen molar-refractivity contribution in [2.45, 2.75) is 13.0 Å². The van der Waals surface area contributed by atoms with E-state index < -0.39 is 27.9 Å². The molecule has 0 aliphatic heterocycles. The Morgan fingerprint density at radius 1 is 1.11 bits per heavy atom. The van der Waals surface area contributed by atoms with E-state index in [0.717, 1.165) is 6.26 Å². The van der Waals surface area contributed by atoms with Gasteiger partial charge in [-0.3, -0.25) is 9.52 Å². The lowest BCUT2D eigenvalue weighted by Crippen LogP contribution is -2.23. The van der Waals surface area contributed by atoms with Crippen LogP contribution >= 0.6 is 11.6 Å². The topological polar surface area (TPSA) is 89.5 Å². The second-order valence-electron chi connectivity index (χ2n) is 5.75. The summed E-state index contributed by atoms with van der Waals surface area (Å²) in [4.78, 5) is 24.2. The molecule has 0 aliphatic rings. The van der Waals surface area contributed by atoms with Gasteiger partial charge in [0.25, 0.3) is 0 Å². The van der Waals surface area contributed by atoms with Gasteiger partial charge in [-0.15, -0.1) is 0 Å². The summed E-state index contributed by atoms with van der Waals surface area (Å²) in [5.74, 6) is -1.08. The molecule has 0 fully saturated rings. The van der Waals surface area contributed by atoms with E-state index in [9.17, 15) is 18.0 Å². The van der Waals surface area contributed by atoms with Crippen molar-refractivity contribution in [3.8, 4) is 0 Å². The lowest BCUT2D eigenvalue weighted by Gasteiger charge is -2.11. The fraction of sp³-hybridized carbons (Fsp3) is 0.158. The van der Waals surface area contributed by atoms with Gasteiger partial charge in [-0.2, -0.15) is 0 Å². The third-order valence-electron chi connectivity index (χ3n) is 3.44. The van der Waals surface area contributed by atoms with Crippen molar-refractivity contribution in [1.29, 1.82) is 0 Å². The Hall–Kier alpha value is -2.64. The number of carbonyl (C=O) groups is 2. The van der Waals surface area contributed by atoms with Gasteiger partial charge >= 0.3 is 5.97 Å². The molecule has 0 aliphatic carbocycles. The van der Waals surface area contributed by atoms with Crippen LogP contribution in [0, 0.1) is 0 Å². The number of anilines is 1. The van der Waals surface area contributed by atoms with E-state index in [0.29, 0.717) is 21.8 Å². The number of halogens is 1. The Kier molecular flexibility index (Phi) is 6.76. The van der Waals surface area contributed by atoms with Gasteiger partial charge in [0.15, 0.2) is 6.10 Å². The number of carbonyl (C=O) groups excluding carboxylic acids is 2. The van der Waals surface area contributed by atoms with Gasteiger partial charge in [0.1, 0.15) is 0 Å². The highest BCUT2D eigenvalue weighted by atomic mass is 35.5. The SMILES string of the molecule is C[C@H](OC(=O)/C=C\c1ccccc1Cl)C(=O)c1ccc(NS(C)(=O)=O)cc1. The number of ether oxygens (including phenoxy) is 1. The second-order valence-corrected chi connectivity index (χ2v) is 7.91. The molecule has 2 aromatic carbocycles. The molecule has 8 heteroatoms. The summed E-state index contributed by atoms with van der Waals surface area (Å²) in [6.07, 6.45) is 2.74. The van der Waals surface area contributed by atoms with Crippen molar-refractivity contribution in [2.75, 3.05) is 11.0 Å². The van der Waals surface area contributed by atoms with Crippen LogP contribution in [0.3, 0.4) is 0 Å². The molecular formula is C19H18ClNO5S. The summed E-state index contributed by atoms with van der Waals surface area (Å²) in [7, 11) is -3.40. The number of Topliss-reactive ketones (excluding diaryl/α,β-unsaturated/α-hetero) is 1. The van der Waals surface area contributed by atoms with Gasteiger partial charge < -0.3 is 4.74 Å². The molecule has 0 heterocycles. The maximum atomic E-state index is 12.3. The summed E-state index contributed by atoms with van der Waals surface area (Å²) in [6, 6.07) is 12.8. The summed E-state index contributed by atoms with van der Waals surface area (Å²) < 4.78 is 29.8. The number of hydrogen-bond acceptors (Lipinski definition) is 5. The first-order valence-corrected chi connectivity index (χ1v) is 10.2. The van der Waals surface area contributed by atoms with Gasteiger partial charge in [-0.1, -0.05) is 29.8 Å². The minimum atomic E-state index is -3.40. The van der Waals surface area contributed by atoms with Crippen LogP contribution in [0.2, 0.25) is 5.02 Å². The van der Waals surface area contributed by atoms with E-state index in [-0.39, 0.29) is 0 Å². The van der Waals surface area contributed by atoms with Crippen molar-refractivity contribution in [1.82, 2.24) is 0 Å². The van der Waals surface area contributed by atoms with Gasteiger partial charge in [0, 0.05) is 22.3 Å². The Morgan fingerprint density at radius 3 is 2.33 bits per heavy atom. The molecule has 0 saturated carbocycles. The van der Waals surface area contributed by atoms with Crippen molar-refractivity contribution in [3.63, 3.8) is 0 Å². The van der Waals surface area contributed by atoms with Gasteiger partial charge in [-0.25, -0.2) is 13.2 Å². The summed E-state index contributed by atoms with van der Waals surface area (Å²) in [5.41, 5.74) is 1.29. The van der Waals surface area contributed by atoms with Gasteiger partial charge in [0.05, 0.1) is 6.26 Å². The second kappa shape index (κ2) is 8.83. The van der Waals surface area contributed by atoms with Crippen LogP contribution in [0.4, 0.5) is 5.69 Å². The Morgan fingerprint density at radius 2 is 1.74 bits per heavy atom. The van der Waals surface area contributed by atoms with E-state index in [1.54, 1.807) is 24.3 Å². The Labute approximate surface area is 162 Å². The number of benzene rings is 2. The Balaban J connectivity index is 1.98. The van der Waals surface area contributed by atoms with E-state index in [4.69, 9.17) is 16.3 Å². The monoisotopic (exact) mass is 407 g/mol. The molecular weight excluding hydrogens is 390 g/mol. The smallest absolute Gasteiger partial charge is 0.331 e. The average Bonchev–Trinajstić information content (AvgIpc) is 2.59.